The monoisotopic (exact) mass is 386 g/mol. The van der Waals surface area contributed by atoms with Crippen LogP contribution in [0.2, 0.25) is 0 Å². The molecule has 0 unspecified atom stereocenters. The number of methoxy groups -OCH3 is 1. The Kier molecular flexibility index (Phi) is 6.57. The van der Waals surface area contributed by atoms with Crippen molar-refractivity contribution in [2.75, 3.05) is 19.0 Å². The number of hydrogen-bond acceptors (Lipinski definition) is 7. The fourth-order valence-corrected chi connectivity index (χ4v) is 3.27. The summed E-state index contributed by atoms with van der Waals surface area (Å²) in [7, 11) is -2.56. The first-order valence-electron chi connectivity index (χ1n) is 7.96. The van der Waals surface area contributed by atoms with E-state index in [4.69, 9.17) is 9.47 Å². The minimum absolute atomic E-state index is 0.0448. The molecule has 7 nitrogen and oxygen atoms in total. The van der Waals surface area contributed by atoms with Crippen LogP contribution in [0.4, 0.5) is 5.69 Å². The van der Waals surface area contributed by atoms with E-state index >= 15 is 0 Å². The predicted molar refractivity (Wildman–Crippen MR) is 99.9 cm³/mol. The maximum atomic E-state index is 12.6. The standard InChI is InChI=1S/C19H18N2O5S/c1-3-26-19(22)17-6-4-5-7-18(17)21-13-16(12-20)27(23,24)15-10-8-14(25-2)9-11-15/h4-11,13,21H,3H2,1-2H3. The number of esters is 1. The first-order chi connectivity index (χ1) is 12.9. The second-order valence-electron chi connectivity index (χ2n) is 5.21. The second kappa shape index (κ2) is 8.87. The number of nitrogens with one attached hydrogen (secondary N) is 1. The fourth-order valence-electron chi connectivity index (χ4n) is 2.19. The molecule has 0 spiro atoms. The van der Waals surface area contributed by atoms with Crippen LogP contribution in [0.1, 0.15) is 17.3 Å². The summed E-state index contributed by atoms with van der Waals surface area (Å²) >= 11 is 0. The van der Waals surface area contributed by atoms with Gasteiger partial charge in [0.15, 0.2) is 4.91 Å². The molecule has 0 saturated carbocycles. The lowest BCUT2D eigenvalue weighted by Crippen LogP contribution is -2.09. The van der Waals surface area contributed by atoms with Gasteiger partial charge in [0.05, 0.1) is 29.9 Å². The van der Waals surface area contributed by atoms with E-state index < -0.39 is 20.7 Å². The SMILES string of the molecule is CCOC(=O)c1ccccc1NC=C(C#N)S(=O)(=O)c1ccc(OC)cc1. The molecule has 0 radical (unpaired) electrons. The lowest BCUT2D eigenvalue weighted by molar-refractivity contribution is 0.0527. The minimum atomic E-state index is -4.02. The number of benzene rings is 2. The van der Waals surface area contributed by atoms with Gasteiger partial charge in [0.1, 0.15) is 11.8 Å². The molecule has 140 valence electrons. The second-order valence-corrected chi connectivity index (χ2v) is 7.13. The molecular formula is C19H18N2O5S. The highest BCUT2D eigenvalue weighted by Gasteiger charge is 2.21. The zero-order chi connectivity index (χ0) is 19.9. The van der Waals surface area contributed by atoms with Gasteiger partial charge < -0.3 is 14.8 Å². The summed E-state index contributed by atoms with van der Waals surface area (Å²) in [6.45, 7) is 1.89. The Balaban J connectivity index is 2.34. The Bertz CT molecular complexity index is 990. The number of hydrogen-bond donors (Lipinski definition) is 1. The Morgan fingerprint density at radius 3 is 2.44 bits per heavy atom. The molecular weight excluding hydrogens is 368 g/mol. The molecule has 0 heterocycles. The number of nitriles is 1. The van der Waals surface area contributed by atoms with Gasteiger partial charge >= 0.3 is 5.97 Å². The van der Waals surface area contributed by atoms with Gasteiger partial charge in [0.2, 0.25) is 9.84 Å². The molecule has 27 heavy (non-hydrogen) atoms. The van der Waals surface area contributed by atoms with Crippen molar-refractivity contribution in [3.05, 3.63) is 65.2 Å². The average Bonchev–Trinajstić information content (AvgIpc) is 2.68. The number of ether oxygens (including phenoxy) is 2. The van der Waals surface area contributed by atoms with Gasteiger partial charge in [0.25, 0.3) is 0 Å². The smallest absolute Gasteiger partial charge is 0.340 e. The summed E-state index contributed by atoms with van der Waals surface area (Å²) in [4.78, 5) is 11.4. The maximum absolute atomic E-state index is 12.6. The van der Waals surface area contributed by atoms with Crippen molar-refractivity contribution in [1.82, 2.24) is 0 Å². The van der Waals surface area contributed by atoms with Crippen molar-refractivity contribution in [3.8, 4) is 11.8 Å². The normalized spacial score (nSPS) is 11.4. The first kappa shape index (κ1) is 20.0. The van der Waals surface area contributed by atoms with Crippen molar-refractivity contribution in [1.29, 1.82) is 5.26 Å². The van der Waals surface area contributed by atoms with E-state index in [9.17, 15) is 18.5 Å². The number of rotatable bonds is 7. The zero-order valence-electron chi connectivity index (χ0n) is 14.8. The van der Waals surface area contributed by atoms with Gasteiger partial charge in [0, 0.05) is 6.20 Å². The Morgan fingerprint density at radius 1 is 1.19 bits per heavy atom. The van der Waals surface area contributed by atoms with Crippen LogP contribution in [-0.4, -0.2) is 28.1 Å². The van der Waals surface area contributed by atoms with Crippen LogP contribution in [-0.2, 0) is 14.6 Å². The molecule has 0 amide bonds. The van der Waals surface area contributed by atoms with Gasteiger partial charge in [-0.05, 0) is 43.3 Å². The van der Waals surface area contributed by atoms with E-state index in [0.717, 1.165) is 6.20 Å². The van der Waals surface area contributed by atoms with Crippen LogP contribution >= 0.6 is 0 Å². The van der Waals surface area contributed by atoms with Gasteiger partial charge in [-0.2, -0.15) is 5.26 Å². The lowest BCUT2D eigenvalue weighted by Gasteiger charge is -2.09. The summed E-state index contributed by atoms with van der Waals surface area (Å²) < 4.78 is 35.2. The first-order valence-corrected chi connectivity index (χ1v) is 9.44. The molecule has 0 fully saturated rings. The third-order valence-corrected chi connectivity index (χ3v) is 5.23. The molecule has 0 aliphatic rings. The van der Waals surface area contributed by atoms with Crippen molar-refractivity contribution in [2.45, 2.75) is 11.8 Å². The molecule has 2 aromatic carbocycles. The highest BCUT2D eigenvalue weighted by molar-refractivity contribution is 7.95. The van der Waals surface area contributed by atoms with Gasteiger partial charge in [-0.15, -0.1) is 0 Å². The molecule has 0 aromatic heterocycles. The molecule has 0 bridgehead atoms. The minimum Gasteiger partial charge on any atom is -0.497 e. The van der Waals surface area contributed by atoms with Crippen molar-refractivity contribution in [3.63, 3.8) is 0 Å². The molecule has 2 rings (SSSR count). The number of para-hydroxylation sites is 1. The molecule has 0 aliphatic heterocycles. The molecule has 0 aliphatic carbocycles. The highest BCUT2D eigenvalue weighted by Crippen LogP contribution is 2.23. The summed E-state index contributed by atoms with van der Waals surface area (Å²) in [6, 6.07) is 13.8. The third kappa shape index (κ3) is 4.65. The van der Waals surface area contributed by atoms with Gasteiger partial charge in [-0.1, -0.05) is 12.1 Å². The number of nitrogens with zero attached hydrogens (tertiary/aromatic N) is 1. The van der Waals surface area contributed by atoms with Crippen LogP contribution in [0, 0.1) is 11.3 Å². The lowest BCUT2D eigenvalue weighted by atomic mass is 10.2. The largest absolute Gasteiger partial charge is 0.497 e. The summed E-state index contributed by atoms with van der Waals surface area (Å²) in [6.07, 6.45) is 1.05. The number of allylic oxidation sites excluding steroid dienone is 1. The topological polar surface area (TPSA) is 105 Å². The summed E-state index contributed by atoms with van der Waals surface area (Å²) in [5.74, 6) is -0.0524. The molecule has 0 saturated heterocycles. The maximum Gasteiger partial charge on any atom is 0.340 e. The number of carbonyl (C=O) groups is 1. The Morgan fingerprint density at radius 2 is 1.85 bits per heavy atom. The van der Waals surface area contributed by atoms with Crippen molar-refractivity contribution >= 4 is 21.5 Å². The van der Waals surface area contributed by atoms with Gasteiger partial charge in [-0.3, -0.25) is 0 Å². The van der Waals surface area contributed by atoms with E-state index in [1.807, 2.05) is 0 Å². The Labute approximate surface area is 157 Å². The molecule has 1 N–H and O–H groups in total. The highest BCUT2D eigenvalue weighted by atomic mass is 32.2. The van der Waals surface area contributed by atoms with E-state index in [1.165, 1.54) is 37.4 Å². The van der Waals surface area contributed by atoms with Crippen LogP contribution < -0.4 is 10.1 Å². The van der Waals surface area contributed by atoms with Gasteiger partial charge in [-0.25, -0.2) is 13.2 Å². The Hall–Kier alpha value is -3.31. The van der Waals surface area contributed by atoms with E-state index in [0.29, 0.717) is 11.4 Å². The van der Waals surface area contributed by atoms with Crippen molar-refractivity contribution in [2.24, 2.45) is 0 Å². The van der Waals surface area contributed by atoms with Crippen molar-refractivity contribution < 1.29 is 22.7 Å². The fraction of sp³-hybridized carbons (Fsp3) is 0.158. The van der Waals surface area contributed by atoms with E-state index in [-0.39, 0.29) is 17.1 Å². The van der Waals surface area contributed by atoms with Crippen LogP contribution in [0.5, 0.6) is 5.75 Å². The van der Waals surface area contributed by atoms with Crippen LogP contribution in [0.15, 0.2) is 64.5 Å². The van der Waals surface area contributed by atoms with Crippen LogP contribution in [0.25, 0.3) is 0 Å². The quantitative estimate of drug-likeness (QED) is 0.575. The van der Waals surface area contributed by atoms with E-state index in [2.05, 4.69) is 5.32 Å². The molecule has 0 atom stereocenters. The molecule has 2 aromatic rings. The van der Waals surface area contributed by atoms with E-state index in [1.54, 1.807) is 31.2 Å². The predicted octanol–water partition coefficient (Wildman–Crippen LogP) is 3.12. The average molecular weight is 386 g/mol. The third-order valence-electron chi connectivity index (χ3n) is 3.55. The number of sulfone groups is 1. The van der Waals surface area contributed by atoms with Crippen LogP contribution in [0.3, 0.4) is 0 Å². The number of carbonyl (C=O) groups excluding carboxylic acids is 1. The summed E-state index contributed by atoms with van der Waals surface area (Å²) in [5.41, 5.74) is 0.559. The molecule has 8 heteroatoms. The number of anilines is 1. The summed E-state index contributed by atoms with van der Waals surface area (Å²) in [5, 5.41) is 12.0. The zero-order valence-corrected chi connectivity index (χ0v) is 15.6.